The zero-order chi connectivity index (χ0) is 23.6. The molecule has 33 heavy (non-hydrogen) atoms. The number of H-pyrrole nitrogens is 1. The van der Waals surface area contributed by atoms with E-state index in [1.807, 2.05) is 4.90 Å². The molecule has 0 aromatic carbocycles. The Kier molecular flexibility index (Phi) is 6.73. The first-order chi connectivity index (χ1) is 15.7. The number of halogens is 3. The van der Waals surface area contributed by atoms with Crippen LogP contribution in [0.15, 0.2) is 35.4 Å². The molecular weight excluding hydrogens is 437 g/mol. The number of nitrogens with zero attached hydrogens (tertiary/aromatic N) is 2. The van der Waals surface area contributed by atoms with Crippen molar-refractivity contribution in [2.45, 2.75) is 50.7 Å². The van der Waals surface area contributed by atoms with E-state index in [4.69, 9.17) is 4.74 Å². The van der Waals surface area contributed by atoms with Crippen molar-refractivity contribution in [3.8, 4) is 5.75 Å². The van der Waals surface area contributed by atoms with E-state index in [0.717, 1.165) is 6.20 Å². The van der Waals surface area contributed by atoms with Crippen LogP contribution in [0.4, 0.5) is 19.0 Å². The van der Waals surface area contributed by atoms with E-state index in [2.05, 4.69) is 15.3 Å². The Hall–Kier alpha value is -2.88. The van der Waals surface area contributed by atoms with Gasteiger partial charge >= 0.3 is 6.18 Å². The van der Waals surface area contributed by atoms with Crippen molar-refractivity contribution in [1.29, 1.82) is 0 Å². The van der Waals surface area contributed by atoms with Crippen LogP contribution in [0, 0.1) is 5.92 Å². The number of hydrogen-bond donors (Lipinski definition) is 2. The molecular formula is C23H27F3N4O3. The first-order valence-corrected chi connectivity index (χ1v) is 11.1. The molecule has 0 radical (unpaired) electrons. The number of pyridine rings is 2. The van der Waals surface area contributed by atoms with Crippen LogP contribution < -0.4 is 15.6 Å². The summed E-state index contributed by atoms with van der Waals surface area (Å²) in [4.78, 5) is 32.7. The van der Waals surface area contributed by atoms with Crippen LogP contribution in [0.3, 0.4) is 0 Å². The molecule has 3 heterocycles. The summed E-state index contributed by atoms with van der Waals surface area (Å²) in [5, 5.41) is 2.77. The molecule has 1 saturated heterocycles. The lowest BCUT2D eigenvalue weighted by Gasteiger charge is -2.36. The second kappa shape index (κ2) is 9.54. The Balaban J connectivity index is 1.39. The quantitative estimate of drug-likeness (QED) is 0.651. The number of carbonyl (C=O) groups excluding carboxylic acids is 1. The predicted octanol–water partition coefficient (Wildman–Crippen LogP) is 3.78. The monoisotopic (exact) mass is 464 g/mol. The molecule has 1 unspecified atom stereocenters. The van der Waals surface area contributed by atoms with E-state index >= 15 is 0 Å². The molecule has 2 N–H and O–H groups in total. The number of anilines is 1. The van der Waals surface area contributed by atoms with Crippen LogP contribution in [-0.2, 0) is 11.0 Å². The van der Waals surface area contributed by atoms with Crippen LogP contribution >= 0.6 is 0 Å². The number of aromatic amines is 1. The van der Waals surface area contributed by atoms with Crippen LogP contribution in [0.2, 0.25) is 0 Å². The minimum Gasteiger partial charge on any atom is -0.492 e. The van der Waals surface area contributed by atoms with Gasteiger partial charge in [0, 0.05) is 18.8 Å². The maximum absolute atomic E-state index is 13.5. The lowest BCUT2D eigenvalue weighted by molar-refractivity contribution is -0.138. The van der Waals surface area contributed by atoms with E-state index in [-0.39, 0.29) is 18.0 Å². The van der Waals surface area contributed by atoms with Gasteiger partial charge in [0.1, 0.15) is 11.6 Å². The minimum absolute atomic E-state index is 0.0582. The molecule has 2 aromatic rings. The molecule has 2 aromatic heterocycles. The highest BCUT2D eigenvalue weighted by atomic mass is 19.4. The molecule has 10 heteroatoms. The normalized spacial score (nSPS) is 20.3. The van der Waals surface area contributed by atoms with Crippen LogP contribution in [0.25, 0.3) is 0 Å². The second-order valence-corrected chi connectivity index (χ2v) is 8.80. The van der Waals surface area contributed by atoms with Crippen molar-refractivity contribution in [2.24, 2.45) is 5.92 Å². The van der Waals surface area contributed by atoms with Crippen LogP contribution in [0.1, 0.15) is 49.7 Å². The van der Waals surface area contributed by atoms with Gasteiger partial charge in [0.05, 0.1) is 24.4 Å². The zero-order valence-electron chi connectivity index (χ0n) is 18.3. The number of amides is 1. The fraction of sp³-hybridized carbons (Fsp3) is 0.522. The maximum Gasteiger partial charge on any atom is 0.416 e. The molecule has 2 atom stereocenters. The minimum atomic E-state index is -4.62. The number of aromatic nitrogens is 2. The third-order valence-corrected chi connectivity index (χ3v) is 6.25. The van der Waals surface area contributed by atoms with Gasteiger partial charge in [-0.1, -0.05) is 0 Å². The summed E-state index contributed by atoms with van der Waals surface area (Å²) >= 11 is 0. The molecule has 7 nitrogen and oxygen atoms in total. The Bertz CT molecular complexity index is 1030. The van der Waals surface area contributed by atoms with E-state index in [1.165, 1.54) is 12.8 Å². The summed E-state index contributed by atoms with van der Waals surface area (Å²) < 4.78 is 46.1. The lowest BCUT2D eigenvalue weighted by atomic mass is 9.88. The summed E-state index contributed by atoms with van der Waals surface area (Å²) in [6.07, 6.45) is 1.67. The van der Waals surface area contributed by atoms with Crippen molar-refractivity contribution < 1.29 is 22.7 Å². The summed E-state index contributed by atoms with van der Waals surface area (Å²) in [6, 6.07) is 3.47. The Morgan fingerprint density at radius 2 is 2.12 bits per heavy atom. The van der Waals surface area contributed by atoms with Crippen LogP contribution in [0.5, 0.6) is 5.75 Å². The molecule has 0 bridgehead atoms. The molecule has 1 aliphatic carbocycles. The third kappa shape index (κ3) is 5.93. The Labute approximate surface area is 189 Å². The highest BCUT2D eigenvalue weighted by Crippen LogP contribution is 2.37. The van der Waals surface area contributed by atoms with Gasteiger partial charge in [0.15, 0.2) is 0 Å². The Morgan fingerprint density at radius 1 is 1.33 bits per heavy atom. The van der Waals surface area contributed by atoms with Crippen molar-refractivity contribution >= 4 is 11.7 Å². The number of alkyl halides is 3. The van der Waals surface area contributed by atoms with Gasteiger partial charge in [-0.15, -0.1) is 0 Å². The summed E-state index contributed by atoms with van der Waals surface area (Å²) in [5.74, 6) is 0.935. The van der Waals surface area contributed by atoms with Gasteiger partial charge in [-0.05, 0) is 68.7 Å². The molecule has 1 aliphatic heterocycles. The first kappa shape index (κ1) is 23.3. The fourth-order valence-corrected chi connectivity index (χ4v) is 4.11. The number of rotatable bonds is 7. The standard InChI is InChI=1S/C23H27F3N4O3/c1-14(22(32)29-20-7-6-17(10-27-20)33-13-15-4-5-15)30-8-2-3-16(12-30)18-11-28-21(31)9-19(18)23(24,25)26/h6-7,9-11,14-16H,2-5,8,12-13H2,1H3,(H,28,31)(H,27,29,32)/t14?,16-/m1/s1. The van der Waals surface area contributed by atoms with Crippen molar-refractivity contribution in [3.05, 3.63) is 52.1 Å². The number of ether oxygens (including phenoxy) is 1. The predicted molar refractivity (Wildman–Crippen MR) is 116 cm³/mol. The average Bonchev–Trinajstić information content (AvgIpc) is 3.62. The van der Waals surface area contributed by atoms with Gasteiger partial charge < -0.3 is 15.0 Å². The molecule has 4 rings (SSSR count). The summed E-state index contributed by atoms with van der Waals surface area (Å²) in [7, 11) is 0. The topological polar surface area (TPSA) is 87.3 Å². The average molecular weight is 464 g/mol. The smallest absolute Gasteiger partial charge is 0.416 e. The van der Waals surface area contributed by atoms with Gasteiger partial charge in [0.25, 0.3) is 0 Å². The number of carbonyl (C=O) groups is 1. The molecule has 2 fully saturated rings. The molecule has 2 aliphatic rings. The SMILES string of the molecule is CC(C(=O)Nc1ccc(OCC2CC2)cn1)N1CCC[C@@H](c2c[nH]c(=O)cc2C(F)(F)F)C1. The van der Waals surface area contributed by atoms with E-state index < -0.39 is 29.3 Å². The summed E-state index contributed by atoms with van der Waals surface area (Å²) in [5.41, 5.74) is -1.64. The number of likely N-dealkylation sites (tertiary alicyclic amines) is 1. The molecule has 0 spiro atoms. The van der Waals surface area contributed by atoms with E-state index in [1.54, 1.807) is 25.3 Å². The third-order valence-electron chi connectivity index (χ3n) is 6.25. The lowest BCUT2D eigenvalue weighted by Crippen LogP contribution is -2.46. The van der Waals surface area contributed by atoms with Crippen molar-refractivity contribution in [3.63, 3.8) is 0 Å². The highest BCUT2D eigenvalue weighted by molar-refractivity contribution is 5.93. The zero-order valence-corrected chi connectivity index (χ0v) is 18.3. The van der Waals surface area contributed by atoms with Gasteiger partial charge in [-0.2, -0.15) is 13.2 Å². The van der Waals surface area contributed by atoms with Gasteiger partial charge in [0.2, 0.25) is 11.5 Å². The fourth-order valence-electron chi connectivity index (χ4n) is 4.11. The first-order valence-electron chi connectivity index (χ1n) is 11.1. The maximum atomic E-state index is 13.5. The van der Waals surface area contributed by atoms with Crippen LogP contribution in [-0.4, -0.2) is 46.5 Å². The van der Waals surface area contributed by atoms with Crippen molar-refractivity contribution in [2.75, 3.05) is 25.0 Å². The number of nitrogens with one attached hydrogen (secondary N) is 2. The van der Waals surface area contributed by atoms with Gasteiger partial charge in [-0.25, -0.2) is 4.98 Å². The Morgan fingerprint density at radius 3 is 2.79 bits per heavy atom. The van der Waals surface area contributed by atoms with E-state index in [0.29, 0.717) is 49.5 Å². The largest absolute Gasteiger partial charge is 0.492 e. The number of hydrogen-bond acceptors (Lipinski definition) is 5. The van der Waals surface area contributed by atoms with E-state index in [9.17, 15) is 22.8 Å². The molecule has 1 saturated carbocycles. The molecule has 178 valence electrons. The van der Waals surface area contributed by atoms with Crippen molar-refractivity contribution in [1.82, 2.24) is 14.9 Å². The number of piperidine rings is 1. The highest BCUT2D eigenvalue weighted by Gasteiger charge is 2.37. The summed E-state index contributed by atoms with van der Waals surface area (Å²) in [6.45, 7) is 3.27. The van der Waals surface area contributed by atoms with Gasteiger partial charge in [-0.3, -0.25) is 14.5 Å². The molecule has 1 amide bonds. The second-order valence-electron chi connectivity index (χ2n) is 8.80.